The second-order valence-corrected chi connectivity index (χ2v) is 8.23. The highest BCUT2D eigenvalue weighted by Gasteiger charge is 2.46. The average Bonchev–Trinajstić information content (AvgIpc) is 3.05. The third-order valence-corrected chi connectivity index (χ3v) is 5.81. The normalized spacial score (nSPS) is 17.3. The lowest BCUT2D eigenvalue weighted by atomic mass is 9.94. The molecule has 3 rings (SSSR count). The fourth-order valence-electron chi connectivity index (χ4n) is 4.07. The van der Waals surface area contributed by atoms with E-state index in [0.29, 0.717) is 25.2 Å². The van der Waals surface area contributed by atoms with Crippen molar-refractivity contribution in [3.8, 4) is 17.2 Å². The smallest absolute Gasteiger partial charge is 0.295 e. The first kappa shape index (κ1) is 25.4. The van der Waals surface area contributed by atoms with Crippen molar-refractivity contribution in [2.24, 2.45) is 0 Å². The number of carbonyl (C=O) groups excluding carboxylic acids is 2. The van der Waals surface area contributed by atoms with E-state index in [-0.39, 0.29) is 40.0 Å². The lowest BCUT2D eigenvalue weighted by molar-refractivity contribution is -0.140. The molecule has 0 radical (unpaired) electrons. The number of aliphatic hydroxyl groups excluding tert-OH is 1. The molecule has 1 amide bonds. The third-order valence-electron chi connectivity index (χ3n) is 5.53. The maximum absolute atomic E-state index is 13.2. The van der Waals surface area contributed by atoms with Gasteiger partial charge < -0.3 is 29.3 Å². The fraction of sp³-hybridized carbons (Fsp3) is 0.360. The number of ketones is 1. The molecule has 2 N–H and O–H groups in total. The van der Waals surface area contributed by atoms with Crippen molar-refractivity contribution < 1.29 is 34.0 Å². The maximum atomic E-state index is 13.2. The summed E-state index contributed by atoms with van der Waals surface area (Å²) in [5.74, 6) is -1.65. The molecule has 182 valence electrons. The molecular formula is C25H28ClNO7. The Morgan fingerprint density at radius 1 is 1.18 bits per heavy atom. The van der Waals surface area contributed by atoms with Crippen LogP contribution in [0.1, 0.15) is 36.1 Å². The zero-order valence-corrected chi connectivity index (χ0v) is 20.3. The number of rotatable bonds is 9. The monoisotopic (exact) mass is 489 g/mol. The quantitative estimate of drug-likeness (QED) is 0.235. The second kappa shape index (κ2) is 10.8. The number of phenols is 1. The number of halogens is 1. The van der Waals surface area contributed by atoms with E-state index in [4.69, 9.17) is 25.8 Å². The minimum atomic E-state index is -0.916. The van der Waals surface area contributed by atoms with Crippen LogP contribution in [0.4, 0.5) is 0 Å². The number of aliphatic hydroxyl groups is 1. The Morgan fingerprint density at radius 2 is 1.91 bits per heavy atom. The number of methoxy groups -OCH3 is 2. The summed E-state index contributed by atoms with van der Waals surface area (Å²) in [6, 6.07) is 6.97. The molecule has 1 fully saturated rings. The summed E-state index contributed by atoms with van der Waals surface area (Å²) in [6.45, 7) is 4.48. The van der Waals surface area contributed by atoms with Gasteiger partial charge in [0.05, 0.1) is 35.9 Å². The molecule has 0 bridgehead atoms. The highest BCUT2D eigenvalue weighted by molar-refractivity contribution is 6.46. The number of Topliss-reactive ketones (excluding diaryl/α,β-unsaturated/α-hetero) is 1. The fourth-order valence-corrected chi connectivity index (χ4v) is 4.42. The van der Waals surface area contributed by atoms with Gasteiger partial charge >= 0.3 is 0 Å². The van der Waals surface area contributed by atoms with Crippen molar-refractivity contribution in [3.63, 3.8) is 0 Å². The van der Waals surface area contributed by atoms with Gasteiger partial charge in [-0.1, -0.05) is 17.7 Å². The molecule has 0 spiro atoms. The van der Waals surface area contributed by atoms with Crippen molar-refractivity contribution in [1.82, 2.24) is 4.90 Å². The molecule has 1 aliphatic rings. The zero-order valence-electron chi connectivity index (χ0n) is 19.6. The highest BCUT2D eigenvalue weighted by atomic mass is 35.5. The number of carbonyl (C=O) groups is 2. The van der Waals surface area contributed by atoms with E-state index >= 15 is 0 Å². The molecule has 1 heterocycles. The highest BCUT2D eigenvalue weighted by Crippen LogP contribution is 2.44. The number of hydrogen-bond donors (Lipinski definition) is 2. The molecule has 34 heavy (non-hydrogen) atoms. The lowest BCUT2D eigenvalue weighted by Gasteiger charge is -2.26. The number of likely N-dealkylation sites (tertiary alicyclic amines) is 1. The molecule has 1 unspecified atom stereocenters. The van der Waals surface area contributed by atoms with Gasteiger partial charge in [0, 0.05) is 20.3 Å². The van der Waals surface area contributed by atoms with Crippen LogP contribution in [-0.2, 0) is 14.3 Å². The first-order valence-corrected chi connectivity index (χ1v) is 11.2. The van der Waals surface area contributed by atoms with Crippen LogP contribution in [0.15, 0.2) is 35.9 Å². The number of hydrogen-bond acceptors (Lipinski definition) is 7. The Morgan fingerprint density at radius 3 is 2.56 bits per heavy atom. The molecular weight excluding hydrogens is 462 g/mol. The van der Waals surface area contributed by atoms with Crippen molar-refractivity contribution >= 4 is 29.1 Å². The molecule has 0 saturated carbocycles. The van der Waals surface area contributed by atoms with Gasteiger partial charge in [-0.2, -0.15) is 0 Å². The van der Waals surface area contributed by atoms with Crippen LogP contribution in [0, 0.1) is 6.92 Å². The summed E-state index contributed by atoms with van der Waals surface area (Å²) in [4.78, 5) is 27.6. The first-order valence-electron chi connectivity index (χ1n) is 10.8. The topological polar surface area (TPSA) is 106 Å². The summed E-state index contributed by atoms with van der Waals surface area (Å²) in [5, 5.41) is 21.8. The number of phenolic OH excluding ortho intramolecular Hbond substituents is 1. The third kappa shape index (κ3) is 4.83. The standard InChI is InChI=1S/C25H28ClNO7/c1-5-34-19-13-15(7-8-18(19)28)21-20(23(30)25(31)27(21)9-6-10-32-3)22(29)16-11-14(2)12-17(26)24(16)33-4/h7-8,11-13,21,28-29H,5-6,9-10H2,1-4H3/b22-20+. The number of aryl methyl sites for hydroxylation is 1. The van der Waals surface area contributed by atoms with Crippen molar-refractivity contribution in [2.75, 3.05) is 34.0 Å². The summed E-state index contributed by atoms with van der Waals surface area (Å²) in [6.07, 6.45) is 0.482. The number of amides is 1. The molecule has 1 saturated heterocycles. The summed E-state index contributed by atoms with van der Waals surface area (Å²) in [7, 11) is 2.95. The van der Waals surface area contributed by atoms with E-state index in [2.05, 4.69) is 0 Å². The SMILES string of the molecule is CCOc1cc(C2/C(=C(\O)c3cc(C)cc(Cl)c3OC)C(=O)C(=O)N2CCCOC)ccc1O. The first-order chi connectivity index (χ1) is 16.2. The minimum absolute atomic E-state index is 0.0749. The van der Waals surface area contributed by atoms with E-state index < -0.39 is 23.5 Å². The summed E-state index contributed by atoms with van der Waals surface area (Å²) < 4.78 is 16.0. The number of nitrogens with zero attached hydrogens (tertiary/aromatic N) is 1. The predicted octanol–water partition coefficient (Wildman–Crippen LogP) is 4.22. The Balaban J connectivity index is 2.25. The van der Waals surface area contributed by atoms with E-state index in [1.54, 1.807) is 45.2 Å². The van der Waals surface area contributed by atoms with Gasteiger partial charge in [-0.3, -0.25) is 9.59 Å². The molecule has 1 atom stereocenters. The van der Waals surface area contributed by atoms with E-state index in [1.165, 1.54) is 18.1 Å². The van der Waals surface area contributed by atoms with Crippen molar-refractivity contribution in [2.45, 2.75) is 26.3 Å². The maximum Gasteiger partial charge on any atom is 0.295 e. The Labute approximate surface area is 203 Å². The van der Waals surface area contributed by atoms with Crippen molar-refractivity contribution in [1.29, 1.82) is 0 Å². The minimum Gasteiger partial charge on any atom is -0.507 e. The molecule has 2 aromatic carbocycles. The predicted molar refractivity (Wildman–Crippen MR) is 128 cm³/mol. The number of aromatic hydroxyl groups is 1. The molecule has 2 aromatic rings. The van der Waals surface area contributed by atoms with Gasteiger partial charge in [0.1, 0.15) is 11.5 Å². The van der Waals surface area contributed by atoms with Gasteiger partial charge in [-0.15, -0.1) is 0 Å². The van der Waals surface area contributed by atoms with Crippen LogP contribution in [0.3, 0.4) is 0 Å². The van der Waals surface area contributed by atoms with E-state index in [0.717, 1.165) is 5.56 Å². The molecule has 0 aromatic heterocycles. The molecule has 8 nitrogen and oxygen atoms in total. The van der Waals surface area contributed by atoms with Gasteiger partial charge in [0.25, 0.3) is 11.7 Å². The Bertz CT molecular complexity index is 1130. The van der Waals surface area contributed by atoms with Gasteiger partial charge in [0.15, 0.2) is 11.5 Å². The lowest BCUT2D eigenvalue weighted by Crippen LogP contribution is -2.31. The molecule has 0 aliphatic carbocycles. The Kier molecular flexibility index (Phi) is 8.06. The van der Waals surface area contributed by atoms with Crippen molar-refractivity contribution in [3.05, 3.63) is 57.6 Å². The largest absolute Gasteiger partial charge is 0.507 e. The van der Waals surface area contributed by atoms with Crippen LogP contribution in [-0.4, -0.2) is 60.8 Å². The molecule has 9 heteroatoms. The van der Waals surface area contributed by atoms with Crippen LogP contribution in [0.5, 0.6) is 17.2 Å². The molecule has 1 aliphatic heterocycles. The van der Waals surface area contributed by atoms with Gasteiger partial charge in [0.2, 0.25) is 0 Å². The summed E-state index contributed by atoms with van der Waals surface area (Å²) >= 11 is 6.31. The second-order valence-electron chi connectivity index (χ2n) is 7.83. The Hall–Kier alpha value is -3.23. The van der Waals surface area contributed by atoms with E-state index in [9.17, 15) is 19.8 Å². The number of benzene rings is 2. The summed E-state index contributed by atoms with van der Waals surface area (Å²) in [5.41, 5.74) is 1.34. The van der Waals surface area contributed by atoms with Crippen LogP contribution in [0.2, 0.25) is 5.02 Å². The van der Waals surface area contributed by atoms with Gasteiger partial charge in [-0.05, 0) is 55.7 Å². The average molecular weight is 490 g/mol. The van der Waals surface area contributed by atoms with Crippen LogP contribution in [0.25, 0.3) is 5.76 Å². The van der Waals surface area contributed by atoms with E-state index in [1.807, 2.05) is 0 Å². The van der Waals surface area contributed by atoms with Crippen LogP contribution < -0.4 is 9.47 Å². The number of ether oxygens (including phenoxy) is 3. The zero-order chi connectivity index (χ0) is 25.0. The van der Waals surface area contributed by atoms with Crippen LogP contribution >= 0.6 is 11.6 Å². The van der Waals surface area contributed by atoms with Gasteiger partial charge in [-0.25, -0.2) is 0 Å².